The normalized spacial score (nSPS) is 13.2. The van der Waals surface area contributed by atoms with Crippen molar-refractivity contribution >= 4 is 34.2 Å². The maximum Gasteiger partial charge on any atom is 0.262 e. The third-order valence-electron chi connectivity index (χ3n) is 5.31. The second kappa shape index (κ2) is 8.00. The Balaban J connectivity index is 1.59. The topological polar surface area (TPSA) is 77.4 Å². The number of rotatable bonds is 5. The minimum Gasteiger partial charge on any atom is -0.489 e. The number of amides is 2. The zero-order valence-electron chi connectivity index (χ0n) is 16.9. The highest BCUT2D eigenvalue weighted by molar-refractivity contribution is 6.35. The second-order valence-corrected chi connectivity index (χ2v) is 7.41. The number of imide groups is 1. The Kier molecular flexibility index (Phi) is 4.88. The molecule has 6 heteroatoms. The first kappa shape index (κ1) is 19.5. The zero-order valence-corrected chi connectivity index (χ0v) is 16.9. The van der Waals surface area contributed by atoms with Gasteiger partial charge in [-0.15, -0.1) is 0 Å². The largest absolute Gasteiger partial charge is 0.489 e. The molecule has 0 saturated carbocycles. The summed E-state index contributed by atoms with van der Waals surface area (Å²) in [4.78, 5) is 37.3. The van der Waals surface area contributed by atoms with Crippen molar-refractivity contribution in [2.24, 2.45) is 0 Å². The van der Waals surface area contributed by atoms with Crippen LogP contribution in [-0.2, 0) is 16.2 Å². The number of carbonyl (C=O) groups excluding carboxylic acids is 3. The highest BCUT2D eigenvalue weighted by atomic mass is 16.5. The Morgan fingerprint density at radius 1 is 0.906 bits per heavy atom. The number of benzene rings is 3. The van der Waals surface area contributed by atoms with Crippen LogP contribution in [0.1, 0.15) is 21.5 Å². The van der Waals surface area contributed by atoms with E-state index in [2.05, 4.69) is 5.32 Å². The van der Waals surface area contributed by atoms with Crippen molar-refractivity contribution in [3.05, 3.63) is 108 Å². The summed E-state index contributed by atoms with van der Waals surface area (Å²) in [5.41, 5.74) is 2.88. The van der Waals surface area contributed by atoms with E-state index in [0.717, 1.165) is 5.56 Å². The average Bonchev–Trinajstić information content (AvgIpc) is 3.37. The summed E-state index contributed by atoms with van der Waals surface area (Å²) in [6, 6.07) is 24.0. The molecule has 1 N–H and O–H groups in total. The van der Waals surface area contributed by atoms with Crippen LogP contribution in [-0.4, -0.2) is 22.3 Å². The van der Waals surface area contributed by atoms with Crippen molar-refractivity contribution in [3.8, 4) is 5.75 Å². The monoisotopic (exact) mass is 422 g/mol. The molecule has 1 aromatic heterocycles. The fourth-order valence-corrected chi connectivity index (χ4v) is 3.75. The van der Waals surface area contributed by atoms with Gasteiger partial charge in [-0.25, -0.2) is 0 Å². The van der Waals surface area contributed by atoms with Crippen LogP contribution in [0.15, 0.2) is 91.1 Å². The van der Waals surface area contributed by atoms with Crippen molar-refractivity contribution in [1.82, 2.24) is 9.88 Å². The van der Waals surface area contributed by atoms with Gasteiger partial charge in [0.05, 0.1) is 11.1 Å². The molecule has 156 valence electrons. The van der Waals surface area contributed by atoms with Gasteiger partial charge < -0.3 is 4.74 Å². The molecule has 1 aliphatic rings. The highest BCUT2D eigenvalue weighted by Crippen LogP contribution is 2.32. The second-order valence-electron chi connectivity index (χ2n) is 7.41. The quantitative estimate of drug-likeness (QED) is 0.494. The molecular weight excluding hydrogens is 404 g/mol. The Morgan fingerprint density at radius 3 is 2.31 bits per heavy atom. The minimum atomic E-state index is -0.489. The number of ether oxygens (including phenoxy) is 1. The molecule has 4 aromatic rings. The lowest BCUT2D eigenvalue weighted by Crippen LogP contribution is -2.21. The standard InChI is InChI=1S/C26H18N2O4/c29-24-14-21(25(30)27-24)22-15-28(26(31)18-9-5-2-6-10-18)23-12-11-19(13-20(22)23)32-16-17-7-3-1-4-8-17/h1-15H,16H2,(H,27,29,30). The molecule has 0 fully saturated rings. The maximum absolute atomic E-state index is 13.2. The molecule has 0 bridgehead atoms. The molecule has 32 heavy (non-hydrogen) atoms. The molecule has 5 rings (SSSR count). The number of fused-ring (bicyclic) bond motifs is 1. The summed E-state index contributed by atoms with van der Waals surface area (Å²) in [5, 5.41) is 2.91. The van der Waals surface area contributed by atoms with Gasteiger partial charge >= 0.3 is 0 Å². The Bertz CT molecular complexity index is 1390. The van der Waals surface area contributed by atoms with Gasteiger partial charge in [-0.05, 0) is 35.9 Å². The Labute approximate surface area is 183 Å². The summed E-state index contributed by atoms with van der Waals surface area (Å²) in [7, 11) is 0. The van der Waals surface area contributed by atoms with Crippen LogP contribution in [0.25, 0.3) is 16.5 Å². The van der Waals surface area contributed by atoms with Crippen molar-refractivity contribution in [2.45, 2.75) is 6.61 Å². The smallest absolute Gasteiger partial charge is 0.262 e. The minimum absolute atomic E-state index is 0.222. The summed E-state index contributed by atoms with van der Waals surface area (Å²) in [5.74, 6) is -0.600. The SMILES string of the molecule is O=C1C=C(c2cn(C(=O)c3ccccc3)c3ccc(OCc4ccccc4)cc23)C(=O)N1. The molecule has 0 radical (unpaired) electrons. The fourth-order valence-electron chi connectivity index (χ4n) is 3.75. The van der Waals surface area contributed by atoms with E-state index >= 15 is 0 Å². The van der Waals surface area contributed by atoms with E-state index in [4.69, 9.17) is 4.74 Å². The van der Waals surface area contributed by atoms with Gasteiger partial charge in [0.25, 0.3) is 17.7 Å². The average molecular weight is 422 g/mol. The van der Waals surface area contributed by atoms with E-state index in [0.29, 0.717) is 34.4 Å². The fraction of sp³-hybridized carbons (Fsp3) is 0.0385. The third-order valence-corrected chi connectivity index (χ3v) is 5.31. The van der Waals surface area contributed by atoms with Gasteiger partial charge in [0.1, 0.15) is 12.4 Å². The summed E-state index contributed by atoms with van der Waals surface area (Å²) < 4.78 is 7.44. The van der Waals surface area contributed by atoms with Crippen LogP contribution >= 0.6 is 0 Å². The Hall–Kier alpha value is -4.45. The lowest BCUT2D eigenvalue weighted by atomic mass is 10.1. The van der Waals surface area contributed by atoms with E-state index in [9.17, 15) is 14.4 Å². The van der Waals surface area contributed by atoms with Crippen LogP contribution < -0.4 is 10.1 Å². The van der Waals surface area contributed by atoms with Crippen LogP contribution in [0.3, 0.4) is 0 Å². The molecule has 0 unspecified atom stereocenters. The van der Waals surface area contributed by atoms with Gasteiger partial charge in [0.2, 0.25) is 0 Å². The van der Waals surface area contributed by atoms with Crippen molar-refractivity contribution in [1.29, 1.82) is 0 Å². The summed E-state index contributed by atoms with van der Waals surface area (Å²) in [6.07, 6.45) is 2.86. The number of nitrogens with one attached hydrogen (secondary N) is 1. The van der Waals surface area contributed by atoms with Crippen molar-refractivity contribution in [3.63, 3.8) is 0 Å². The van der Waals surface area contributed by atoms with Crippen LogP contribution in [0.2, 0.25) is 0 Å². The van der Waals surface area contributed by atoms with Gasteiger partial charge in [-0.3, -0.25) is 24.3 Å². The van der Waals surface area contributed by atoms with E-state index < -0.39 is 11.8 Å². The van der Waals surface area contributed by atoms with Gasteiger partial charge in [-0.2, -0.15) is 0 Å². The number of nitrogens with zero attached hydrogens (tertiary/aromatic N) is 1. The predicted octanol–water partition coefficient (Wildman–Crippen LogP) is 3.95. The van der Waals surface area contributed by atoms with Gasteiger partial charge in [-0.1, -0.05) is 48.5 Å². The first-order chi connectivity index (χ1) is 15.6. The Morgan fingerprint density at radius 2 is 1.62 bits per heavy atom. The van der Waals surface area contributed by atoms with Crippen LogP contribution in [0.4, 0.5) is 0 Å². The molecule has 6 nitrogen and oxygen atoms in total. The number of carbonyl (C=O) groups is 3. The molecular formula is C26H18N2O4. The zero-order chi connectivity index (χ0) is 22.1. The molecule has 3 aromatic carbocycles. The molecule has 2 heterocycles. The van der Waals surface area contributed by atoms with E-state index in [1.54, 1.807) is 48.7 Å². The van der Waals surface area contributed by atoms with Crippen LogP contribution in [0.5, 0.6) is 5.75 Å². The number of hydrogen-bond acceptors (Lipinski definition) is 4. The van der Waals surface area contributed by atoms with E-state index in [-0.39, 0.29) is 11.5 Å². The molecule has 2 amide bonds. The van der Waals surface area contributed by atoms with Crippen molar-refractivity contribution < 1.29 is 19.1 Å². The van der Waals surface area contributed by atoms with Gasteiger partial charge in [0.15, 0.2) is 0 Å². The third kappa shape index (κ3) is 3.58. The number of hydrogen-bond donors (Lipinski definition) is 1. The lowest BCUT2D eigenvalue weighted by molar-refractivity contribution is -0.123. The lowest BCUT2D eigenvalue weighted by Gasteiger charge is -2.08. The maximum atomic E-state index is 13.2. The highest BCUT2D eigenvalue weighted by Gasteiger charge is 2.26. The van der Waals surface area contributed by atoms with Crippen molar-refractivity contribution in [2.75, 3.05) is 0 Å². The summed E-state index contributed by atoms with van der Waals surface area (Å²) in [6.45, 7) is 0.382. The molecule has 0 spiro atoms. The molecule has 0 atom stereocenters. The molecule has 1 aliphatic heterocycles. The van der Waals surface area contributed by atoms with E-state index in [1.165, 1.54) is 10.6 Å². The molecule has 0 aliphatic carbocycles. The summed E-state index contributed by atoms with van der Waals surface area (Å²) >= 11 is 0. The van der Waals surface area contributed by atoms with Crippen LogP contribution in [0, 0.1) is 0 Å². The first-order valence-corrected chi connectivity index (χ1v) is 10.1. The first-order valence-electron chi connectivity index (χ1n) is 10.1. The number of aromatic nitrogens is 1. The van der Waals surface area contributed by atoms with E-state index in [1.807, 2.05) is 36.4 Å². The van der Waals surface area contributed by atoms with Gasteiger partial charge in [0, 0.05) is 28.8 Å². The predicted molar refractivity (Wildman–Crippen MR) is 120 cm³/mol. The molecule has 0 saturated heterocycles.